The number of anilines is 1. The van der Waals surface area contributed by atoms with E-state index in [1.165, 1.54) is 12.7 Å². The third-order valence-corrected chi connectivity index (χ3v) is 4.06. The first-order valence-corrected chi connectivity index (χ1v) is 7.29. The highest BCUT2D eigenvalue weighted by atomic mass is 16.5. The first-order valence-electron chi connectivity index (χ1n) is 7.29. The molecule has 2 aromatic heterocycles. The Hall–Kier alpha value is -2.94. The number of aromatic nitrogens is 2. The summed E-state index contributed by atoms with van der Waals surface area (Å²) in [6, 6.07) is 7.66. The van der Waals surface area contributed by atoms with E-state index in [1.807, 2.05) is 17.2 Å². The van der Waals surface area contributed by atoms with Crippen molar-refractivity contribution in [2.24, 2.45) is 0 Å². The fourth-order valence-electron chi connectivity index (χ4n) is 2.71. The normalized spacial score (nSPS) is 14.0. The Bertz CT molecular complexity index is 777. The van der Waals surface area contributed by atoms with E-state index < -0.39 is 5.97 Å². The van der Waals surface area contributed by atoms with E-state index in [0.717, 1.165) is 13.1 Å². The Morgan fingerprint density at radius 2 is 2.26 bits per heavy atom. The average Bonchev–Trinajstić information content (AvgIpc) is 2.54. The maximum Gasteiger partial charge on any atom is 0.339 e. The van der Waals surface area contributed by atoms with Crippen molar-refractivity contribution in [1.29, 1.82) is 5.26 Å². The molecule has 0 N–H and O–H groups in total. The van der Waals surface area contributed by atoms with E-state index >= 15 is 0 Å². The van der Waals surface area contributed by atoms with Crippen LogP contribution in [0.1, 0.15) is 33.1 Å². The number of hydrogen-bond acceptors (Lipinski definition) is 6. The monoisotopic (exact) mass is 308 g/mol. The maximum atomic E-state index is 11.7. The van der Waals surface area contributed by atoms with Crippen LogP contribution < -0.4 is 4.90 Å². The maximum absolute atomic E-state index is 11.7. The van der Waals surface area contributed by atoms with Gasteiger partial charge in [-0.15, -0.1) is 0 Å². The van der Waals surface area contributed by atoms with Gasteiger partial charge in [0, 0.05) is 31.4 Å². The van der Waals surface area contributed by atoms with Gasteiger partial charge in [0.1, 0.15) is 11.9 Å². The van der Waals surface area contributed by atoms with Crippen LogP contribution in [0.5, 0.6) is 0 Å². The average molecular weight is 308 g/mol. The Morgan fingerprint density at radius 3 is 2.87 bits per heavy atom. The Morgan fingerprint density at radius 1 is 1.48 bits per heavy atom. The molecule has 0 saturated carbocycles. The first kappa shape index (κ1) is 15.0. The summed E-state index contributed by atoms with van der Waals surface area (Å²) >= 11 is 0. The molecule has 23 heavy (non-hydrogen) atoms. The second-order valence-electron chi connectivity index (χ2n) is 5.48. The molecule has 6 heteroatoms. The van der Waals surface area contributed by atoms with Gasteiger partial charge < -0.3 is 9.64 Å². The van der Waals surface area contributed by atoms with Crippen molar-refractivity contribution in [2.75, 3.05) is 25.1 Å². The number of methoxy groups -OCH3 is 1. The van der Waals surface area contributed by atoms with E-state index in [1.54, 1.807) is 19.2 Å². The van der Waals surface area contributed by atoms with Gasteiger partial charge in [0.25, 0.3) is 0 Å². The molecule has 1 fully saturated rings. The van der Waals surface area contributed by atoms with Gasteiger partial charge in [-0.25, -0.2) is 9.78 Å². The van der Waals surface area contributed by atoms with Crippen molar-refractivity contribution in [3.05, 3.63) is 53.0 Å². The van der Waals surface area contributed by atoms with Crippen LogP contribution in [0.25, 0.3) is 0 Å². The molecule has 0 unspecified atom stereocenters. The fourth-order valence-corrected chi connectivity index (χ4v) is 2.71. The largest absolute Gasteiger partial charge is 0.465 e. The molecule has 0 radical (unpaired) electrons. The number of carbonyl (C=O) groups excluding carboxylic acids is 1. The number of nitriles is 1. The standard InChI is InChI=1S/C17H16N4O2/c1-11-15(17(22)23-2)6-13(7-18)16(20-11)21-9-14(10-21)12-4-3-5-19-8-12/h3-6,8,14H,9-10H2,1-2H3. The van der Waals surface area contributed by atoms with Crippen molar-refractivity contribution >= 4 is 11.8 Å². The second-order valence-corrected chi connectivity index (χ2v) is 5.48. The van der Waals surface area contributed by atoms with E-state index in [-0.39, 0.29) is 0 Å². The van der Waals surface area contributed by atoms with Crippen molar-refractivity contribution in [3.8, 4) is 6.07 Å². The molecule has 116 valence electrons. The lowest BCUT2D eigenvalue weighted by Crippen LogP contribution is -2.46. The van der Waals surface area contributed by atoms with E-state index in [4.69, 9.17) is 4.74 Å². The molecule has 2 aromatic rings. The van der Waals surface area contributed by atoms with Gasteiger partial charge in [-0.1, -0.05) is 6.07 Å². The van der Waals surface area contributed by atoms with Crippen LogP contribution in [-0.4, -0.2) is 36.1 Å². The van der Waals surface area contributed by atoms with E-state index in [0.29, 0.717) is 28.6 Å². The molecule has 0 bridgehead atoms. The minimum atomic E-state index is -0.477. The second kappa shape index (κ2) is 6.05. The topological polar surface area (TPSA) is 79.1 Å². The van der Waals surface area contributed by atoms with Gasteiger partial charge in [0.2, 0.25) is 0 Å². The highest BCUT2D eigenvalue weighted by Gasteiger charge is 2.31. The van der Waals surface area contributed by atoms with Crippen LogP contribution in [0.4, 0.5) is 5.82 Å². The molecule has 0 atom stereocenters. The van der Waals surface area contributed by atoms with Crippen LogP contribution in [0.3, 0.4) is 0 Å². The summed E-state index contributed by atoms with van der Waals surface area (Å²) in [6.45, 7) is 3.31. The van der Waals surface area contributed by atoms with Gasteiger partial charge in [-0.2, -0.15) is 5.26 Å². The zero-order chi connectivity index (χ0) is 16.4. The van der Waals surface area contributed by atoms with Gasteiger partial charge in [-0.3, -0.25) is 4.98 Å². The molecule has 1 saturated heterocycles. The van der Waals surface area contributed by atoms with Crippen LogP contribution in [-0.2, 0) is 4.74 Å². The summed E-state index contributed by atoms with van der Waals surface area (Å²) in [4.78, 5) is 22.3. The number of rotatable bonds is 3. The summed E-state index contributed by atoms with van der Waals surface area (Å²) in [6.07, 6.45) is 3.62. The number of hydrogen-bond donors (Lipinski definition) is 0. The van der Waals surface area contributed by atoms with Gasteiger partial charge in [0.05, 0.1) is 23.9 Å². The molecule has 3 heterocycles. The number of nitrogens with zero attached hydrogens (tertiary/aromatic N) is 4. The third-order valence-electron chi connectivity index (χ3n) is 4.06. The minimum Gasteiger partial charge on any atom is -0.465 e. The molecule has 0 aromatic carbocycles. The summed E-state index contributed by atoms with van der Waals surface area (Å²) in [5, 5.41) is 9.36. The highest BCUT2D eigenvalue weighted by molar-refractivity contribution is 5.91. The Kier molecular flexibility index (Phi) is 3.94. The number of ether oxygens (including phenoxy) is 1. The summed E-state index contributed by atoms with van der Waals surface area (Å²) in [5.41, 5.74) is 2.47. The van der Waals surface area contributed by atoms with Crippen molar-refractivity contribution in [1.82, 2.24) is 9.97 Å². The van der Waals surface area contributed by atoms with Crippen LogP contribution in [0.15, 0.2) is 30.6 Å². The fraction of sp³-hybridized carbons (Fsp3) is 0.294. The smallest absolute Gasteiger partial charge is 0.339 e. The predicted molar refractivity (Wildman–Crippen MR) is 84.2 cm³/mol. The summed E-state index contributed by atoms with van der Waals surface area (Å²) in [5.74, 6) is 0.533. The molecular weight excluding hydrogens is 292 g/mol. The molecule has 3 rings (SSSR count). The zero-order valence-corrected chi connectivity index (χ0v) is 13.0. The first-order chi connectivity index (χ1) is 11.1. The summed E-state index contributed by atoms with van der Waals surface area (Å²) in [7, 11) is 1.32. The lowest BCUT2D eigenvalue weighted by molar-refractivity contribution is 0.0599. The molecule has 1 aliphatic rings. The predicted octanol–water partition coefficient (Wildman–Crippen LogP) is 2.05. The Labute approximate surface area is 134 Å². The Balaban J connectivity index is 1.83. The number of carbonyl (C=O) groups is 1. The molecular formula is C17H16N4O2. The van der Waals surface area contributed by atoms with E-state index in [2.05, 4.69) is 22.1 Å². The van der Waals surface area contributed by atoms with Gasteiger partial charge >= 0.3 is 5.97 Å². The molecule has 1 aliphatic heterocycles. The van der Waals surface area contributed by atoms with Gasteiger partial charge in [-0.05, 0) is 24.6 Å². The van der Waals surface area contributed by atoms with Crippen molar-refractivity contribution in [2.45, 2.75) is 12.8 Å². The van der Waals surface area contributed by atoms with Crippen molar-refractivity contribution < 1.29 is 9.53 Å². The molecule has 0 aliphatic carbocycles. The highest BCUT2D eigenvalue weighted by Crippen LogP contribution is 2.32. The SMILES string of the molecule is COC(=O)c1cc(C#N)c(N2CC(c3cccnc3)C2)nc1C. The van der Waals surface area contributed by atoms with E-state index in [9.17, 15) is 10.1 Å². The van der Waals surface area contributed by atoms with Crippen LogP contribution in [0.2, 0.25) is 0 Å². The number of pyridine rings is 2. The lowest BCUT2D eigenvalue weighted by Gasteiger charge is -2.40. The molecule has 6 nitrogen and oxygen atoms in total. The number of aryl methyl sites for hydroxylation is 1. The van der Waals surface area contributed by atoms with Gasteiger partial charge in [0.15, 0.2) is 0 Å². The molecule has 0 amide bonds. The molecule has 0 spiro atoms. The van der Waals surface area contributed by atoms with Crippen molar-refractivity contribution in [3.63, 3.8) is 0 Å². The summed E-state index contributed by atoms with van der Waals surface area (Å²) < 4.78 is 4.72. The number of esters is 1. The lowest BCUT2D eigenvalue weighted by atomic mass is 9.92. The van der Waals surface area contributed by atoms with Crippen LogP contribution >= 0.6 is 0 Å². The zero-order valence-electron chi connectivity index (χ0n) is 13.0. The minimum absolute atomic E-state index is 0.331. The third kappa shape index (κ3) is 2.73. The quantitative estimate of drug-likeness (QED) is 0.807. The van der Waals surface area contributed by atoms with Crippen LogP contribution in [0, 0.1) is 18.3 Å².